The Morgan fingerprint density at radius 2 is 1.48 bits per heavy atom. The van der Waals surface area contributed by atoms with E-state index < -0.39 is 15.9 Å². The molecule has 31 heavy (non-hydrogen) atoms. The van der Waals surface area contributed by atoms with Gasteiger partial charge in [-0.25, -0.2) is 0 Å². The molecule has 166 valence electrons. The molecule has 0 radical (unpaired) electrons. The van der Waals surface area contributed by atoms with E-state index in [4.69, 9.17) is 9.29 Å². The van der Waals surface area contributed by atoms with Gasteiger partial charge in [0.05, 0.1) is 4.90 Å². The van der Waals surface area contributed by atoms with Crippen molar-refractivity contribution in [2.45, 2.75) is 82.4 Å². The van der Waals surface area contributed by atoms with Crippen LogP contribution in [0.15, 0.2) is 47.4 Å². The molecule has 0 saturated carbocycles. The molecule has 0 bridgehead atoms. The molecule has 2 rings (SSSR count). The summed E-state index contributed by atoms with van der Waals surface area (Å²) < 4.78 is 37.3. The molecule has 2 aromatic rings. The molecule has 0 saturated heterocycles. The van der Waals surface area contributed by atoms with Gasteiger partial charge in [0.1, 0.15) is 11.5 Å². The summed E-state index contributed by atoms with van der Waals surface area (Å²) in [5.41, 5.74) is 1.12. The van der Waals surface area contributed by atoms with Crippen molar-refractivity contribution in [3.63, 3.8) is 0 Å². The molecule has 7 heteroatoms. The van der Waals surface area contributed by atoms with E-state index in [-0.39, 0.29) is 40.2 Å². The first-order valence-corrected chi connectivity index (χ1v) is 12.4. The topological polar surface area (TPSA) is 86.7 Å². The van der Waals surface area contributed by atoms with Gasteiger partial charge in [-0.2, -0.15) is 8.42 Å². The average Bonchev–Trinajstić information content (AvgIpc) is 2.70. The third kappa shape index (κ3) is 10.9. The molecular weight excluding hydrogens is 423 g/mol. The van der Waals surface area contributed by atoms with Crippen molar-refractivity contribution in [3.05, 3.63) is 48.0 Å². The zero-order valence-corrected chi connectivity index (χ0v) is 21.6. The number of unbranched alkanes of at least 4 members (excludes halogenated alkanes) is 9. The summed E-state index contributed by atoms with van der Waals surface area (Å²) >= 11 is 0. The van der Waals surface area contributed by atoms with Gasteiger partial charge >= 0.3 is 29.6 Å². The zero-order chi connectivity index (χ0) is 21.8. The van der Waals surface area contributed by atoms with Crippen LogP contribution >= 0.6 is 0 Å². The van der Waals surface area contributed by atoms with Crippen molar-refractivity contribution < 1.29 is 52.4 Å². The first kappa shape index (κ1) is 28.0. The first-order chi connectivity index (χ1) is 14.4. The molecule has 0 aliphatic carbocycles. The molecule has 0 atom stereocenters. The van der Waals surface area contributed by atoms with E-state index in [1.54, 1.807) is 6.07 Å². The number of ether oxygens (including phenoxy) is 1. The number of benzene rings is 2. The Balaban J connectivity index is 0.00000480. The molecule has 0 aromatic heterocycles. The van der Waals surface area contributed by atoms with Gasteiger partial charge in [0, 0.05) is 6.07 Å². The van der Waals surface area contributed by atoms with Crippen molar-refractivity contribution in [2.24, 2.45) is 0 Å². The van der Waals surface area contributed by atoms with Crippen LogP contribution in [0.4, 0.5) is 0 Å². The van der Waals surface area contributed by atoms with E-state index in [1.807, 2.05) is 18.2 Å². The molecule has 1 N–H and O–H groups in total. The van der Waals surface area contributed by atoms with Crippen molar-refractivity contribution in [2.75, 3.05) is 0 Å². The number of aryl methyl sites for hydroxylation is 1. The Hall–Kier alpha value is -1.05. The van der Waals surface area contributed by atoms with Crippen LogP contribution in [0.2, 0.25) is 0 Å². The summed E-state index contributed by atoms with van der Waals surface area (Å²) in [5.74, 6) is -0.0899. The number of hydrogen-bond donors (Lipinski definition) is 1. The summed E-state index contributed by atoms with van der Waals surface area (Å²) in [6.07, 6.45) is 13.8. The predicted octanol–water partition coefficient (Wildman–Crippen LogP) is 3.27. The second kappa shape index (κ2) is 14.9. The Morgan fingerprint density at radius 1 is 0.871 bits per heavy atom. The summed E-state index contributed by atoms with van der Waals surface area (Å²) in [6.45, 7) is 2.24. The molecule has 0 aliphatic rings. The zero-order valence-electron chi connectivity index (χ0n) is 18.8. The van der Waals surface area contributed by atoms with Crippen LogP contribution in [-0.4, -0.2) is 13.0 Å². The van der Waals surface area contributed by atoms with Gasteiger partial charge in [-0.15, -0.1) is 0 Å². The van der Waals surface area contributed by atoms with Gasteiger partial charge in [-0.3, -0.25) is 4.55 Å². The van der Waals surface area contributed by atoms with Crippen LogP contribution in [0, 0.1) is 0 Å². The molecule has 5 nitrogen and oxygen atoms in total. The minimum absolute atomic E-state index is 0. The molecule has 0 unspecified atom stereocenters. The predicted molar refractivity (Wildman–Crippen MR) is 118 cm³/mol. The third-order valence-electron chi connectivity index (χ3n) is 5.16. The van der Waals surface area contributed by atoms with E-state index in [9.17, 15) is 13.5 Å². The molecular formula is C24H33NaO5S. The fourth-order valence-electron chi connectivity index (χ4n) is 3.44. The normalized spacial score (nSPS) is 11.2. The molecule has 0 amide bonds. The second-order valence-corrected chi connectivity index (χ2v) is 9.19. The SMILES string of the molecule is CCCCCCCCCCCCc1cccc(Oc2cc(S(=O)(=O)O)ccc2[O-])c1.[Na+]. The Kier molecular flexibility index (Phi) is 13.5. The first-order valence-electron chi connectivity index (χ1n) is 11.0. The monoisotopic (exact) mass is 456 g/mol. The summed E-state index contributed by atoms with van der Waals surface area (Å²) in [6, 6.07) is 10.7. The minimum Gasteiger partial charge on any atom is -0.870 e. The van der Waals surface area contributed by atoms with Crippen LogP contribution < -0.4 is 39.4 Å². The summed E-state index contributed by atoms with van der Waals surface area (Å²) in [4.78, 5) is -0.362. The van der Waals surface area contributed by atoms with Crippen LogP contribution in [0.1, 0.15) is 76.7 Å². The smallest absolute Gasteiger partial charge is 0.870 e. The van der Waals surface area contributed by atoms with Gasteiger partial charge in [0.15, 0.2) is 0 Å². The molecule has 0 aliphatic heterocycles. The Bertz CT molecular complexity index is 883. The van der Waals surface area contributed by atoms with Gasteiger partial charge in [-0.1, -0.05) is 88.7 Å². The van der Waals surface area contributed by atoms with Crippen LogP contribution in [0.25, 0.3) is 0 Å². The van der Waals surface area contributed by atoms with Gasteiger partial charge in [0.25, 0.3) is 10.1 Å². The van der Waals surface area contributed by atoms with Crippen molar-refractivity contribution in [3.8, 4) is 17.2 Å². The summed E-state index contributed by atoms with van der Waals surface area (Å²) in [5, 5.41) is 12.0. The third-order valence-corrected chi connectivity index (χ3v) is 6.01. The standard InChI is InChI=1S/C24H34O5S.Na/c1-2-3-4-5-6-7-8-9-10-11-13-20-14-12-15-21(18-20)29-24-19-22(30(26,27)28)16-17-23(24)25;/h12,14-19,25H,2-11,13H2,1H3,(H,26,27,28);/q;+1/p-1. The van der Waals surface area contributed by atoms with E-state index in [0.29, 0.717) is 5.75 Å². The van der Waals surface area contributed by atoms with Crippen molar-refractivity contribution >= 4 is 10.1 Å². The van der Waals surface area contributed by atoms with Crippen LogP contribution in [0.3, 0.4) is 0 Å². The van der Waals surface area contributed by atoms with E-state index in [0.717, 1.165) is 36.6 Å². The molecule has 0 fully saturated rings. The van der Waals surface area contributed by atoms with Gasteiger partial charge < -0.3 is 9.84 Å². The van der Waals surface area contributed by atoms with E-state index in [1.165, 1.54) is 57.8 Å². The maximum Gasteiger partial charge on any atom is 1.00 e. The Labute approximate surface area is 209 Å². The molecule has 0 heterocycles. The minimum atomic E-state index is -4.39. The fraction of sp³-hybridized carbons (Fsp3) is 0.500. The van der Waals surface area contributed by atoms with Gasteiger partial charge in [-0.05, 0) is 36.6 Å². The van der Waals surface area contributed by atoms with Crippen LogP contribution in [-0.2, 0) is 16.5 Å². The van der Waals surface area contributed by atoms with Crippen molar-refractivity contribution in [1.29, 1.82) is 0 Å². The number of hydrogen-bond acceptors (Lipinski definition) is 4. The number of rotatable bonds is 14. The van der Waals surface area contributed by atoms with E-state index in [2.05, 4.69) is 6.92 Å². The van der Waals surface area contributed by atoms with Crippen LogP contribution in [0.5, 0.6) is 17.2 Å². The molecule has 0 spiro atoms. The van der Waals surface area contributed by atoms with Gasteiger partial charge in [0.2, 0.25) is 0 Å². The maximum atomic E-state index is 12.0. The quantitative estimate of drug-likeness (QED) is 0.268. The summed E-state index contributed by atoms with van der Waals surface area (Å²) in [7, 11) is -4.39. The second-order valence-electron chi connectivity index (χ2n) is 7.77. The average molecular weight is 457 g/mol. The molecule has 2 aromatic carbocycles. The van der Waals surface area contributed by atoms with Crippen molar-refractivity contribution in [1.82, 2.24) is 0 Å². The largest absolute Gasteiger partial charge is 1.00 e. The Morgan fingerprint density at radius 3 is 2.10 bits per heavy atom. The van der Waals surface area contributed by atoms with E-state index >= 15 is 0 Å². The fourth-order valence-corrected chi connectivity index (χ4v) is 3.93. The maximum absolute atomic E-state index is 12.0.